The van der Waals surface area contributed by atoms with Gasteiger partial charge in [-0.2, -0.15) is 0 Å². The minimum atomic E-state index is -0.302. The quantitative estimate of drug-likeness (QED) is 0.702. The van der Waals surface area contributed by atoms with Gasteiger partial charge in [-0.3, -0.25) is 4.79 Å². The molecule has 0 saturated heterocycles. The molecule has 2 rings (SSSR count). The summed E-state index contributed by atoms with van der Waals surface area (Å²) in [4.78, 5) is 15.3. The Kier molecular flexibility index (Phi) is 2.58. The molecule has 0 aliphatic heterocycles. The van der Waals surface area contributed by atoms with Gasteiger partial charge in [0.1, 0.15) is 5.78 Å². The van der Waals surface area contributed by atoms with E-state index in [1.165, 1.54) is 0 Å². The first kappa shape index (κ1) is 11.9. The Morgan fingerprint density at radius 2 is 1.76 bits per heavy atom. The number of Topliss-reactive ketones (excluding diaryl/α,β-unsaturated/α-hetero) is 1. The summed E-state index contributed by atoms with van der Waals surface area (Å²) >= 11 is 0. The van der Waals surface area contributed by atoms with Crippen molar-refractivity contribution in [3.8, 4) is 0 Å². The number of benzene rings is 1. The fraction of sp³-hybridized carbons (Fsp3) is 0.467. The predicted molar refractivity (Wildman–Crippen MR) is 68.1 cm³/mol. The molecule has 1 aliphatic carbocycles. The average molecular weight is 227 g/mol. The molecule has 1 aromatic rings. The number of nitrogens with zero attached hydrogens (tertiary/aromatic N) is 1. The molecule has 0 bridgehead atoms. The number of carbonyl (C=O) groups excluding carboxylic acids is 1. The largest absolute Gasteiger partial charge is 0.299 e. The maximum atomic E-state index is 11.9. The SMILES string of the molecule is [C-]#[N+]c1ccc(C2(C(C)=O)CC(C)(C)C2)cc1. The molecule has 1 saturated carbocycles. The maximum absolute atomic E-state index is 11.9. The molecule has 1 fully saturated rings. The third kappa shape index (κ3) is 1.86. The van der Waals surface area contributed by atoms with Crippen molar-refractivity contribution < 1.29 is 4.79 Å². The maximum Gasteiger partial charge on any atom is 0.187 e. The highest BCUT2D eigenvalue weighted by Gasteiger charge is 2.53. The monoisotopic (exact) mass is 227 g/mol. The standard InChI is InChI=1S/C15H17NO/c1-11(17)15(9-14(2,3)10-15)12-5-7-13(16-4)8-6-12/h5-8H,9-10H2,1-3H3. The van der Waals surface area contributed by atoms with Gasteiger partial charge in [0.2, 0.25) is 0 Å². The molecule has 0 N–H and O–H groups in total. The molecule has 1 aromatic carbocycles. The number of rotatable bonds is 2. The van der Waals surface area contributed by atoms with E-state index >= 15 is 0 Å². The zero-order valence-electron chi connectivity index (χ0n) is 10.6. The lowest BCUT2D eigenvalue weighted by Crippen LogP contribution is -2.51. The highest BCUT2D eigenvalue weighted by Crippen LogP contribution is 2.55. The van der Waals surface area contributed by atoms with Gasteiger partial charge < -0.3 is 0 Å². The normalized spacial score (nSPS) is 20.1. The third-order valence-corrected chi connectivity index (χ3v) is 3.78. The molecule has 0 heterocycles. The average Bonchev–Trinajstić information content (AvgIpc) is 2.25. The highest BCUT2D eigenvalue weighted by atomic mass is 16.1. The summed E-state index contributed by atoms with van der Waals surface area (Å²) in [7, 11) is 0. The van der Waals surface area contributed by atoms with Crippen LogP contribution in [0.1, 0.15) is 39.2 Å². The second-order valence-corrected chi connectivity index (χ2v) is 5.81. The summed E-state index contributed by atoms with van der Waals surface area (Å²) < 4.78 is 0. The van der Waals surface area contributed by atoms with E-state index in [-0.39, 0.29) is 16.6 Å². The summed E-state index contributed by atoms with van der Waals surface area (Å²) in [5.74, 6) is 0.243. The Balaban J connectivity index is 2.36. The molecule has 0 unspecified atom stereocenters. The van der Waals surface area contributed by atoms with E-state index in [1.807, 2.05) is 12.1 Å². The Labute approximate surface area is 102 Å². The van der Waals surface area contributed by atoms with Gasteiger partial charge in [0.05, 0.1) is 12.0 Å². The summed E-state index contributed by atoms with van der Waals surface area (Å²) in [5, 5.41) is 0. The van der Waals surface area contributed by atoms with Crippen molar-refractivity contribution in [2.24, 2.45) is 5.41 Å². The topological polar surface area (TPSA) is 21.4 Å². The van der Waals surface area contributed by atoms with Crippen LogP contribution in [0.15, 0.2) is 24.3 Å². The highest BCUT2D eigenvalue weighted by molar-refractivity contribution is 5.89. The minimum Gasteiger partial charge on any atom is -0.299 e. The van der Waals surface area contributed by atoms with Crippen LogP contribution < -0.4 is 0 Å². The zero-order chi connectivity index (χ0) is 12.7. The smallest absolute Gasteiger partial charge is 0.187 e. The second kappa shape index (κ2) is 3.70. The van der Waals surface area contributed by atoms with Crippen LogP contribution in [0.4, 0.5) is 5.69 Å². The number of hydrogen-bond acceptors (Lipinski definition) is 1. The first-order chi connectivity index (χ1) is 7.89. The summed E-state index contributed by atoms with van der Waals surface area (Å²) in [6, 6.07) is 7.48. The molecule has 17 heavy (non-hydrogen) atoms. The van der Waals surface area contributed by atoms with Gasteiger partial charge in [-0.25, -0.2) is 4.85 Å². The van der Waals surface area contributed by atoms with Crippen LogP contribution in [0.5, 0.6) is 0 Å². The van der Waals surface area contributed by atoms with E-state index in [2.05, 4.69) is 18.7 Å². The first-order valence-corrected chi connectivity index (χ1v) is 5.89. The molecule has 1 aliphatic rings. The van der Waals surface area contributed by atoms with Crippen molar-refractivity contribution in [1.29, 1.82) is 0 Å². The molecule has 0 amide bonds. The van der Waals surface area contributed by atoms with Crippen molar-refractivity contribution in [3.05, 3.63) is 41.2 Å². The Morgan fingerprint density at radius 1 is 1.24 bits per heavy atom. The fourth-order valence-electron chi connectivity index (χ4n) is 3.09. The van der Waals surface area contributed by atoms with Crippen molar-refractivity contribution >= 4 is 11.5 Å². The second-order valence-electron chi connectivity index (χ2n) is 5.81. The van der Waals surface area contributed by atoms with Crippen LogP contribution in [-0.2, 0) is 10.2 Å². The van der Waals surface area contributed by atoms with Gasteiger partial charge >= 0.3 is 0 Å². The number of ketones is 1. The molecule has 2 heteroatoms. The Morgan fingerprint density at radius 3 is 2.12 bits per heavy atom. The molecule has 0 radical (unpaired) electrons. The van der Waals surface area contributed by atoms with Crippen LogP contribution in [-0.4, -0.2) is 5.78 Å². The third-order valence-electron chi connectivity index (χ3n) is 3.78. The van der Waals surface area contributed by atoms with Crippen LogP contribution in [0.25, 0.3) is 4.85 Å². The van der Waals surface area contributed by atoms with Crippen LogP contribution in [0.2, 0.25) is 0 Å². The van der Waals surface area contributed by atoms with Crippen LogP contribution >= 0.6 is 0 Å². The molecule has 0 spiro atoms. The molecule has 0 aromatic heterocycles. The lowest BCUT2D eigenvalue weighted by molar-refractivity contribution is -0.130. The number of hydrogen-bond donors (Lipinski definition) is 0. The lowest BCUT2D eigenvalue weighted by Gasteiger charge is -2.52. The molecule has 2 nitrogen and oxygen atoms in total. The minimum absolute atomic E-state index is 0.243. The lowest BCUT2D eigenvalue weighted by atomic mass is 9.50. The molecular formula is C15H17NO. The van der Waals surface area contributed by atoms with Crippen LogP contribution in [0.3, 0.4) is 0 Å². The summed E-state index contributed by atoms with van der Waals surface area (Å²) in [5.41, 5.74) is 1.65. The van der Waals surface area contributed by atoms with Crippen molar-refractivity contribution in [1.82, 2.24) is 0 Å². The van der Waals surface area contributed by atoms with Gasteiger partial charge in [-0.1, -0.05) is 38.1 Å². The first-order valence-electron chi connectivity index (χ1n) is 5.89. The Bertz CT molecular complexity index is 483. The van der Waals surface area contributed by atoms with Gasteiger partial charge in [-0.05, 0) is 30.7 Å². The molecule has 88 valence electrons. The zero-order valence-corrected chi connectivity index (χ0v) is 10.6. The fourth-order valence-corrected chi connectivity index (χ4v) is 3.09. The van der Waals surface area contributed by atoms with Crippen molar-refractivity contribution in [2.45, 2.75) is 39.0 Å². The van der Waals surface area contributed by atoms with Crippen molar-refractivity contribution in [3.63, 3.8) is 0 Å². The summed E-state index contributed by atoms with van der Waals surface area (Å²) in [6.45, 7) is 13.0. The van der Waals surface area contributed by atoms with E-state index in [0.29, 0.717) is 5.69 Å². The van der Waals surface area contributed by atoms with Gasteiger partial charge in [0.15, 0.2) is 5.69 Å². The van der Waals surface area contributed by atoms with Crippen LogP contribution in [0, 0.1) is 12.0 Å². The van der Waals surface area contributed by atoms with E-state index < -0.39 is 0 Å². The predicted octanol–water partition coefficient (Wildman–Crippen LogP) is 3.88. The molecular weight excluding hydrogens is 210 g/mol. The van der Waals surface area contributed by atoms with E-state index in [1.54, 1.807) is 19.1 Å². The van der Waals surface area contributed by atoms with E-state index in [4.69, 9.17) is 6.57 Å². The van der Waals surface area contributed by atoms with E-state index in [0.717, 1.165) is 18.4 Å². The van der Waals surface area contributed by atoms with Crippen molar-refractivity contribution in [2.75, 3.05) is 0 Å². The number of carbonyl (C=O) groups is 1. The van der Waals surface area contributed by atoms with Gasteiger partial charge in [-0.15, -0.1) is 0 Å². The van der Waals surface area contributed by atoms with Gasteiger partial charge in [0.25, 0.3) is 0 Å². The van der Waals surface area contributed by atoms with E-state index in [9.17, 15) is 4.79 Å². The van der Waals surface area contributed by atoms with Gasteiger partial charge in [0, 0.05) is 0 Å². The molecule has 0 atom stereocenters. The summed E-state index contributed by atoms with van der Waals surface area (Å²) in [6.07, 6.45) is 1.82. The Hall–Kier alpha value is -1.62.